The number of rotatable bonds is 8. The number of halogens is 1. The van der Waals surface area contributed by atoms with Crippen LogP contribution in [0.2, 0.25) is 0 Å². The van der Waals surface area contributed by atoms with Crippen LogP contribution < -0.4 is 16.0 Å². The number of hydrogen-bond acceptors (Lipinski definition) is 2. The molecule has 0 aromatic rings. The highest BCUT2D eigenvalue weighted by atomic mass is 127. The lowest BCUT2D eigenvalue weighted by Crippen LogP contribution is -2.39. The summed E-state index contributed by atoms with van der Waals surface area (Å²) in [5, 5.41) is 9.48. The van der Waals surface area contributed by atoms with Gasteiger partial charge in [-0.2, -0.15) is 0 Å². The van der Waals surface area contributed by atoms with Crippen LogP contribution in [0, 0.1) is 5.92 Å². The molecule has 2 saturated carbocycles. The zero-order valence-electron chi connectivity index (χ0n) is 13.7. The van der Waals surface area contributed by atoms with Gasteiger partial charge in [-0.15, -0.1) is 24.0 Å². The fourth-order valence-electron chi connectivity index (χ4n) is 2.89. The molecule has 0 saturated heterocycles. The van der Waals surface area contributed by atoms with E-state index in [2.05, 4.69) is 20.9 Å². The molecule has 0 atom stereocenters. The van der Waals surface area contributed by atoms with Gasteiger partial charge in [0.2, 0.25) is 5.91 Å². The van der Waals surface area contributed by atoms with Crippen molar-refractivity contribution in [3.8, 4) is 0 Å². The summed E-state index contributed by atoms with van der Waals surface area (Å²) < 4.78 is 0. The summed E-state index contributed by atoms with van der Waals surface area (Å²) in [6.07, 6.45) is 10.4. The van der Waals surface area contributed by atoms with Gasteiger partial charge in [0.25, 0.3) is 0 Å². The van der Waals surface area contributed by atoms with E-state index in [9.17, 15) is 4.79 Å². The van der Waals surface area contributed by atoms with Gasteiger partial charge in [0.1, 0.15) is 6.54 Å². The monoisotopic (exact) mass is 422 g/mol. The predicted molar refractivity (Wildman–Crippen MR) is 102 cm³/mol. The van der Waals surface area contributed by atoms with E-state index in [4.69, 9.17) is 0 Å². The Hall–Kier alpha value is -0.530. The Bertz CT molecular complexity index is 352. The molecule has 2 rings (SSSR count). The highest BCUT2D eigenvalue weighted by Gasteiger charge is 2.22. The molecule has 2 aliphatic carbocycles. The maximum absolute atomic E-state index is 11.6. The minimum atomic E-state index is 0. The van der Waals surface area contributed by atoms with Gasteiger partial charge in [-0.05, 0) is 38.5 Å². The molecule has 3 N–H and O–H groups in total. The minimum absolute atomic E-state index is 0. The largest absolute Gasteiger partial charge is 0.357 e. The topological polar surface area (TPSA) is 65.5 Å². The highest BCUT2D eigenvalue weighted by molar-refractivity contribution is 14.0. The maximum atomic E-state index is 11.6. The van der Waals surface area contributed by atoms with Gasteiger partial charge in [-0.25, -0.2) is 4.99 Å². The van der Waals surface area contributed by atoms with E-state index < -0.39 is 0 Å². The van der Waals surface area contributed by atoms with E-state index in [0.717, 1.165) is 37.8 Å². The van der Waals surface area contributed by atoms with E-state index in [1.807, 2.05) is 6.92 Å². The first-order chi connectivity index (χ1) is 10.3. The number of aliphatic imine (C=N–C) groups is 1. The third-order valence-electron chi connectivity index (χ3n) is 4.22. The first kappa shape index (κ1) is 19.5. The molecule has 5 nitrogen and oxygen atoms in total. The molecule has 0 spiro atoms. The van der Waals surface area contributed by atoms with Crippen molar-refractivity contribution >= 4 is 35.8 Å². The van der Waals surface area contributed by atoms with E-state index in [-0.39, 0.29) is 36.4 Å². The number of hydrogen-bond donors (Lipinski definition) is 3. The van der Waals surface area contributed by atoms with Crippen LogP contribution in [0.25, 0.3) is 0 Å². The third-order valence-corrected chi connectivity index (χ3v) is 4.22. The molecule has 6 heteroatoms. The van der Waals surface area contributed by atoms with E-state index >= 15 is 0 Å². The lowest BCUT2D eigenvalue weighted by Gasteiger charge is -2.13. The summed E-state index contributed by atoms with van der Waals surface area (Å²) in [6, 6.07) is 0.412. The Morgan fingerprint density at radius 3 is 2.50 bits per heavy atom. The molecule has 0 heterocycles. The van der Waals surface area contributed by atoms with Crippen molar-refractivity contribution in [1.29, 1.82) is 0 Å². The van der Waals surface area contributed by atoms with E-state index in [1.165, 1.54) is 38.5 Å². The van der Waals surface area contributed by atoms with Crippen LogP contribution >= 0.6 is 24.0 Å². The summed E-state index contributed by atoms with van der Waals surface area (Å²) in [4.78, 5) is 16.0. The Morgan fingerprint density at radius 1 is 1.14 bits per heavy atom. The first-order valence-corrected chi connectivity index (χ1v) is 8.59. The molecule has 128 valence electrons. The average molecular weight is 422 g/mol. The van der Waals surface area contributed by atoms with Crippen LogP contribution in [0.4, 0.5) is 0 Å². The van der Waals surface area contributed by atoms with Gasteiger partial charge >= 0.3 is 0 Å². The average Bonchev–Trinajstić information content (AvgIpc) is 3.13. The fraction of sp³-hybridized carbons (Fsp3) is 0.875. The molecule has 2 fully saturated rings. The number of amides is 1. The molecule has 2 aliphatic rings. The van der Waals surface area contributed by atoms with Crippen molar-refractivity contribution in [2.45, 2.75) is 64.3 Å². The van der Waals surface area contributed by atoms with Crippen LogP contribution in [-0.2, 0) is 4.79 Å². The molecule has 22 heavy (non-hydrogen) atoms. The summed E-state index contributed by atoms with van der Waals surface area (Å²) in [5.74, 6) is 1.73. The van der Waals surface area contributed by atoms with E-state index in [0.29, 0.717) is 6.04 Å². The normalized spacial score (nSPS) is 18.7. The molecule has 0 radical (unpaired) electrons. The summed E-state index contributed by atoms with van der Waals surface area (Å²) in [7, 11) is 0. The quantitative estimate of drug-likeness (QED) is 0.244. The number of nitrogens with one attached hydrogen (secondary N) is 3. The van der Waals surface area contributed by atoms with Gasteiger partial charge in [-0.1, -0.05) is 25.7 Å². The Kier molecular flexibility index (Phi) is 9.82. The fourth-order valence-corrected chi connectivity index (χ4v) is 2.89. The zero-order valence-corrected chi connectivity index (χ0v) is 16.0. The van der Waals surface area contributed by atoms with Gasteiger partial charge in [0, 0.05) is 19.1 Å². The second kappa shape index (κ2) is 11.1. The van der Waals surface area contributed by atoms with Crippen LogP contribution in [0.3, 0.4) is 0 Å². The van der Waals surface area contributed by atoms with Gasteiger partial charge in [0.15, 0.2) is 5.96 Å². The number of carbonyl (C=O) groups is 1. The Morgan fingerprint density at radius 2 is 1.86 bits per heavy atom. The molecular formula is C16H31IN4O. The molecule has 0 aromatic heterocycles. The predicted octanol–water partition coefficient (Wildman–Crippen LogP) is 2.41. The maximum Gasteiger partial charge on any atom is 0.242 e. The molecule has 0 unspecified atom stereocenters. The Labute approximate surface area is 151 Å². The summed E-state index contributed by atoms with van der Waals surface area (Å²) >= 11 is 0. The lowest BCUT2D eigenvalue weighted by atomic mass is 10.0. The van der Waals surface area contributed by atoms with Crippen molar-refractivity contribution in [2.75, 3.05) is 19.6 Å². The van der Waals surface area contributed by atoms with Crippen LogP contribution in [0.15, 0.2) is 4.99 Å². The van der Waals surface area contributed by atoms with Crippen molar-refractivity contribution in [1.82, 2.24) is 16.0 Å². The number of nitrogens with zero attached hydrogens (tertiary/aromatic N) is 1. The number of guanidine groups is 1. The van der Waals surface area contributed by atoms with Crippen molar-refractivity contribution in [2.24, 2.45) is 10.9 Å². The van der Waals surface area contributed by atoms with Crippen LogP contribution in [-0.4, -0.2) is 37.5 Å². The first-order valence-electron chi connectivity index (χ1n) is 8.59. The number of carbonyl (C=O) groups excluding carboxylic acids is 1. The molecular weight excluding hydrogens is 391 g/mol. The lowest BCUT2D eigenvalue weighted by molar-refractivity contribution is -0.119. The molecule has 0 bridgehead atoms. The van der Waals surface area contributed by atoms with Gasteiger partial charge in [0.05, 0.1) is 0 Å². The SMILES string of the molecule is CCNC(=NCC(=O)NC1CC1)NCCCC1CCCC1.I. The third kappa shape index (κ3) is 8.19. The second-order valence-electron chi connectivity index (χ2n) is 6.26. The van der Waals surface area contributed by atoms with E-state index in [1.54, 1.807) is 0 Å². The zero-order chi connectivity index (χ0) is 14.9. The second-order valence-corrected chi connectivity index (χ2v) is 6.26. The van der Waals surface area contributed by atoms with Crippen molar-refractivity contribution in [3.63, 3.8) is 0 Å². The van der Waals surface area contributed by atoms with Crippen molar-refractivity contribution < 1.29 is 4.79 Å². The standard InChI is InChI=1S/C16H30N4O.HI/c1-2-17-16(19-12-15(21)20-14-9-10-14)18-11-5-8-13-6-3-4-7-13;/h13-14H,2-12H2,1H3,(H,20,21)(H2,17,18,19);1H. The molecule has 0 aliphatic heterocycles. The van der Waals surface area contributed by atoms with Crippen LogP contribution in [0.5, 0.6) is 0 Å². The smallest absolute Gasteiger partial charge is 0.242 e. The molecule has 1 amide bonds. The van der Waals surface area contributed by atoms with Crippen LogP contribution in [0.1, 0.15) is 58.3 Å². The Balaban J connectivity index is 0.00000242. The highest BCUT2D eigenvalue weighted by Crippen LogP contribution is 2.28. The van der Waals surface area contributed by atoms with Gasteiger partial charge < -0.3 is 16.0 Å². The minimum Gasteiger partial charge on any atom is -0.357 e. The van der Waals surface area contributed by atoms with Gasteiger partial charge in [-0.3, -0.25) is 4.79 Å². The summed E-state index contributed by atoms with van der Waals surface area (Å²) in [6.45, 7) is 4.01. The molecule has 0 aromatic carbocycles. The summed E-state index contributed by atoms with van der Waals surface area (Å²) in [5.41, 5.74) is 0. The van der Waals surface area contributed by atoms with Crippen molar-refractivity contribution in [3.05, 3.63) is 0 Å².